The Balaban J connectivity index is 1.08. The van der Waals surface area contributed by atoms with Crippen molar-refractivity contribution in [3.8, 4) is 11.1 Å². The van der Waals surface area contributed by atoms with Gasteiger partial charge in [0.15, 0.2) is 12.2 Å². The molecule has 2 N–H and O–H groups in total. The third-order valence-corrected chi connectivity index (χ3v) is 9.38. The highest BCUT2D eigenvalue weighted by atomic mass is 16.7. The Morgan fingerprint density at radius 3 is 2.02 bits per heavy atom. The molecule has 322 valence electrons. The molecule has 2 amide bonds. The van der Waals surface area contributed by atoms with Crippen LogP contribution < -0.4 is 5.32 Å². The molecule has 2 aliphatic rings. The van der Waals surface area contributed by atoms with E-state index >= 15 is 0 Å². The minimum Gasteiger partial charge on any atom is -0.480 e. The number of hydrogen-bond acceptors (Lipinski definition) is 16. The summed E-state index contributed by atoms with van der Waals surface area (Å²) in [5, 5.41) is 20.1. The zero-order valence-corrected chi connectivity index (χ0v) is 33.5. The van der Waals surface area contributed by atoms with Crippen molar-refractivity contribution in [3.63, 3.8) is 0 Å². The van der Waals surface area contributed by atoms with Crippen molar-refractivity contribution in [1.82, 2.24) is 25.2 Å². The molecule has 20 heteroatoms. The lowest BCUT2D eigenvalue weighted by molar-refractivity contribution is -0.301. The van der Waals surface area contributed by atoms with Crippen LogP contribution in [-0.4, -0.2) is 137 Å². The van der Waals surface area contributed by atoms with E-state index in [-0.39, 0.29) is 58.2 Å². The summed E-state index contributed by atoms with van der Waals surface area (Å²) >= 11 is 0. The summed E-state index contributed by atoms with van der Waals surface area (Å²) in [5.41, 5.74) is 4.74. The summed E-state index contributed by atoms with van der Waals surface area (Å²) < 4.78 is 39.8. The molecule has 60 heavy (non-hydrogen) atoms. The number of amides is 2. The van der Waals surface area contributed by atoms with E-state index < -0.39 is 79.1 Å². The monoisotopic (exact) mass is 837 g/mol. The van der Waals surface area contributed by atoms with E-state index in [9.17, 15) is 38.7 Å². The Labute approximate surface area is 344 Å². The van der Waals surface area contributed by atoms with Crippen LogP contribution in [0.3, 0.4) is 0 Å². The maximum atomic E-state index is 13.1. The summed E-state index contributed by atoms with van der Waals surface area (Å²) in [4.78, 5) is 86.1. The van der Waals surface area contributed by atoms with Crippen LogP contribution in [0.1, 0.15) is 56.9 Å². The molecule has 5 atom stereocenters. The van der Waals surface area contributed by atoms with Crippen molar-refractivity contribution in [2.45, 2.75) is 83.7 Å². The number of hydrogen-bond donors (Lipinski definition) is 2. The molecule has 1 aromatic heterocycles. The summed E-state index contributed by atoms with van der Waals surface area (Å²) in [7, 11) is 0. The van der Waals surface area contributed by atoms with E-state index in [1.807, 2.05) is 48.5 Å². The van der Waals surface area contributed by atoms with Gasteiger partial charge in [-0.2, -0.15) is 0 Å². The van der Waals surface area contributed by atoms with Crippen LogP contribution in [-0.2, 0) is 74.9 Å². The van der Waals surface area contributed by atoms with Gasteiger partial charge in [0.2, 0.25) is 18.3 Å². The number of carboxylic acid groups (broad SMARTS) is 1. The lowest BCUT2D eigenvalue weighted by Gasteiger charge is -2.43. The Kier molecular flexibility index (Phi) is 15.7. The second-order valence-corrected chi connectivity index (χ2v) is 13.9. The van der Waals surface area contributed by atoms with Crippen LogP contribution >= 0.6 is 0 Å². The largest absolute Gasteiger partial charge is 0.480 e. The Morgan fingerprint density at radius 2 is 1.40 bits per heavy atom. The SMILES string of the molecule is CC(=O)O[C@@H]1O[C@H](COCCn2cc(CCC(=O)N(CCNC(=O)OCC3c4ccccc4-c4ccccc43)CC(=O)O)nn2)[C@@H](OC(C)=O)[C@H](OC(C)=O)[C@H]1OC(C)=O. The molecular weight excluding hydrogens is 790 g/mol. The molecular formula is C40H47N5O15. The van der Waals surface area contributed by atoms with Crippen molar-refractivity contribution >= 4 is 41.8 Å². The number of aliphatic carboxylic acids is 1. The molecule has 0 unspecified atom stereocenters. The van der Waals surface area contributed by atoms with Crippen molar-refractivity contribution in [2.75, 3.05) is 39.5 Å². The van der Waals surface area contributed by atoms with Gasteiger partial charge in [0.25, 0.3) is 0 Å². The summed E-state index contributed by atoms with van der Waals surface area (Å²) in [5.74, 6) is -4.97. The average Bonchev–Trinajstić information content (AvgIpc) is 3.78. The van der Waals surface area contributed by atoms with E-state index in [4.69, 9.17) is 33.2 Å². The van der Waals surface area contributed by atoms with Crippen LogP contribution in [0.15, 0.2) is 54.7 Å². The minimum absolute atomic E-state index is 0.0152. The van der Waals surface area contributed by atoms with Crippen molar-refractivity contribution in [2.24, 2.45) is 0 Å². The average molecular weight is 838 g/mol. The Hall–Kier alpha value is -6.41. The van der Waals surface area contributed by atoms with Crippen LogP contribution in [0, 0.1) is 0 Å². The molecule has 3 aromatic rings. The van der Waals surface area contributed by atoms with Crippen LogP contribution in [0.2, 0.25) is 0 Å². The predicted molar refractivity (Wildman–Crippen MR) is 204 cm³/mol. The molecule has 1 aliphatic carbocycles. The van der Waals surface area contributed by atoms with Gasteiger partial charge in [-0.25, -0.2) is 9.48 Å². The number of aryl methyl sites for hydroxylation is 1. The molecule has 1 saturated heterocycles. The molecule has 2 aromatic carbocycles. The second-order valence-electron chi connectivity index (χ2n) is 13.9. The molecule has 20 nitrogen and oxygen atoms in total. The number of benzene rings is 2. The van der Waals surface area contributed by atoms with Gasteiger partial charge >= 0.3 is 35.9 Å². The standard InChI is InChI=1S/C40H47N5O15/c1-23(46)56-36-33(60-39(59-26(4)49)38(58-25(3)48)37(36)57-24(2)47)22-54-18-17-45-19-27(42-43-45)13-14-34(50)44(20-35(51)52)16-15-41-40(53)55-21-32-30-11-7-5-9-28(30)29-10-6-8-12-31(29)32/h5-12,19,32-33,36-39H,13-18,20-22H2,1-4H3,(H,41,53)(H,51,52)/t33-,36-,37+,38-,39-/m1/s1. The fourth-order valence-corrected chi connectivity index (χ4v) is 6.96. The van der Waals surface area contributed by atoms with Gasteiger partial charge in [-0.3, -0.25) is 28.8 Å². The zero-order valence-electron chi connectivity index (χ0n) is 33.5. The van der Waals surface area contributed by atoms with Gasteiger partial charge in [-0.1, -0.05) is 53.7 Å². The summed E-state index contributed by atoms with van der Waals surface area (Å²) in [6.07, 6.45) is -5.93. The molecule has 0 saturated carbocycles. The first-order valence-electron chi connectivity index (χ1n) is 19.1. The third-order valence-electron chi connectivity index (χ3n) is 9.38. The highest BCUT2D eigenvalue weighted by Gasteiger charge is 2.53. The van der Waals surface area contributed by atoms with Crippen LogP contribution in [0.4, 0.5) is 4.79 Å². The first-order chi connectivity index (χ1) is 28.7. The molecule has 5 rings (SSSR count). The van der Waals surface area contributed by atoms with Crippen molar-refractivity contribution in [1.29, 1.82) is 0 Å². The number of esters is 4. The van der Waals surface area contributed by atoms with Crippen molar-refractivity contribution < 1.29 is 71.8 Å². The second kappa shape index (κ2) is 21.0. The van der Waals surface area contributed by atoms with Gasteiger partial charge < -0.3 is 48.5 Å². The number of carbonyl (C=O) groups excluding carboxylic acids is 6. The van der Waals surface area contributed by atoms with Crippen LogP contribution in [0.5, 0.6) is 0 Å². The lowest BCUT2D eigenvalue weighted by atomic mass is 9.98. The van der Waals surface area contributed by atoms with Crippen molar-refractivity contribution in [3.05, 3.63) is 71.5 Å². The third kappa shape index (κ3) is 12.3. The Morgan fingerprint density at radius 1 is 0.800 bits per heavy atom. The molecule has 1 fully saturated rings. The number of rotatable bonds is 19. The lowest BCUT2D eigenvalue weighted by Crippen LogP contribution is -2.63. The van der Waals surface area contributed by atoms with E-state index in [1.165, 1.54) is 4.68 Å². The number of aromatic nitrogens is 3. The van der Waals surface area contributed by atoms with Gasteiger partial charge in [-0.15, -0.1) is 5.10 Å². The number of alkyl carbamates (subject to hydrolysis) is 1. The first kappa shape index (κ1) is 44.7. The van der Waals surface area contributed by atoms with E-state index in [0.29, 0.717) is 5.69 Å². The molecule has 0 radical (unpaired) electrons. The fourth-order valence-electron chi connectivity index (χ4n) is 6.96. The summed E-state index contributed by atoms with van der Waals surface area (Å²) in [6, 6.07) is 15.9. The topological polar surface area (TPSA) is 250 Å². The highest BCUT2D eigenvalue weighted by molar-refractivity contribution is 5.82. The van der Waals surface area contributed by atoms with Crippen LogP contribution in [0.25, 0.3) is 11.1 Å². The van der Waals surface area contributed by atoms with Gasteiger partial charge in [0, 0.05) is 65.7 Å². The highest BCUT2D eigenvalue weighted by Crippen LogP contribution is 2.44. The summed E-state index contributed by atoms with van der Waals surface area (Å²) in [6.45, 7) is 3.74. The Bertz CT molecular complexity index is 1990. The quantitative estimate of drug-likeness (QED) is 0.0991. The smallest absolute Gasteiger partial charge is 0.407 e. The normalized spacial score (nSPS) is 19.2. The van der Waals surface area contributed by atoms with E-state index in [0.717, 1.165) is 54.8 Å². The van der Waals surface area contributed by atoms with E-state index in [2.05, 4.69) is 15.6 Å². The number of carbonyl (C=O) groups is 7. The fraction of sp³-hybridized carbons (Fsp3) is 0.475. The molecule has 0 bridgehead atoms. The zero-order chi connectivity index (χ0) is 43.3. The molecule has 2 heterocycles. The van der Waals surface area contributed by atoms with Gasteiger partial charge in [-0.05, 0) is 22.3 Å². The number of nitrogens with zero attached hydrogens (tertiary/aromatic N) is 4. The minimum atomic E-state index is -1.53. The molecule has 1 aliphatic heterocycles. The maximum absolute atomic E-state index is 13.1. The number of carboxylic acids is 1. The molecule has 0 spiro atoms. The van der Waals surface area contributed by atoms with Gasteiger partial charge in [0.1, 0.15) is 19.3 Å². The number of nitrogens with one attached hydrogen (secondary N) is 1. The predicted octanol–water partition coefficient (Wildman–Crippen LogP) is 1.76. The van der Waals surface area contributed by atoms with Gasteiger partial charge in [0.05, 0.1) is 25.5 Å². The number of ether oxygens (including phenoxy) is 7. The maximum Gasteiger partial charge on any atom is 0.407 e. The number of fused-ring (bicyclic) bond motifs is 3. The first-order valence-corrected chi connectivity index (χ1v) is 19.1. The van der Waals surface area contributed by atoms with E-state index in [1.54, 1.807) is 6.20 Å².